The lowest BCUT2D eigenvalue weighted by molar-refractivity contribution is -0.138. The molecule has 0 bridgehead atoms. The standard InChI is InChI=1S/C6H10O2.C4H5N/c1-4-8-6(7)5(2)3;1-4(2)3-5/h2,4H2,1,3H3;1H2,2H3. The van der Waals surface area contributed by atoms with Gasteiger partial charge in [0.2, 0.25) is 0 Å². The van der Waals surface area contributed by atoms with Crippen molar-refractivity contribution in [2.24, 2.45) is 0 Å². The van der Waals surface area contributed by atoms with Gasteiger partial charge in [0.15, 0.2) is 0 Å². The van der Waals surface area contributed by atoms with Gasteiger partial charge in [-0.15, -0.1) is 0 Å². The molecule has 0 rings (SSSR count). The minimum atomic E-state index is -0.312. The number of nitrogens with zero attached hydrogens (tertiary/aromatic N) is 1. The molecule has 0 aliphatic rings. The van der Waals surface area contributed by atoms with Gasteiger partial charge in [0, 0.05) is 11.1 Å². The van der Waals surface area contributed by atoms with E-state index in [0.717, 1.165) is 0 Å². The van der Waals surface area contributed by atoms with Crippen LogP contribution in [0.4, 0.5) is 0 Å². The Bertz CT molecular complexity index is 236. The first-order chi connectivity index (χ1) is 5.95. The highest BCUT2D eigenvalue weighted by Gasteiger charge is 1.98. The predicted octanol–water partition coefficient (Wildman–Crippen LogP) is 2.21. The second kappa shape index (κ2) is 8.54. The highest BCUT2D eigenvalue weighted by atomic mass is 16.5. The summed E-state index contributed by atoms with van der Waals surface area (Å²) in [4.78, 5) is 10.4. The van der Waals surface area contributed by atoms with Crippen molar-refractivity contribution >= 4 is 5.97 Å². The van der Waals surface area contributed by atoms with Crippen LogP contribution in [0.15, 0.2) is 24.3 Å². The number of carbonyl (C=O) groups is 1. The molecular formula is C10H15NO2. The minimum Gasteiger partial charge on any atom is -0.463 e. The van der Waals surface area contributed by atoms with E-state index in [9.17, 15) is 4.79 Å². The largest absolute Gasteiger partial charge is 0.463 e. The van der Waals surface area contributed by atoms with E-state index in [-0.39, 0.29) is 5.97 Å². The van der Waals surface area contributed by atoms with Crippen molar-refractivity contribution < 1.29 is 9.53 Å². The van der Waals surface area contributed by atoms with Crippen molar-refractivity contribution in [3.05, 3.63) is 24.3 Å². The molecule has 0 aromatic rings. The molecule has 0 saturated heterocycles. The van der Waals surface area contributed by atoms with E-state index in [1.54, 1.807) is 20.8 Å². The van der Waals surface area contributed by atoms with E-state index in [4.69, 9.17) is 5.26 Å². The summed E-state index contributed by atoms with van der Waals surface area (Å²) in [7, 11) is 0. The maximum Gasteiger partial charge on any atom is 0.333 e. The van der Waals surface area contributed by atoms with Crippen LogP contribution in [-0.4, -0.2) is 12.6 Å². The zero-order chi connectivity index (χ0) is 10.9. The fourth-order valence-corrected chi connectivity index (χ4v) is 0.254. The molecule has 0 radical (unpaired) electrons. The van der Waals surface area contributed by atoms with Gasteiger partial charge in [-0.1, -0.05) is 13.2 Å². The van der Waals surface area contributed by atoms with Crippen LogP contribution in [0, 0.1) is 11.3 Å². The van der Waals surface area contributed by atoms with Gasteiger partial charge in [0.1, 0.15) is 0 Å². The zero-order valence-electron chi connectivity index (χ0n) is 8.39. The normalized spacial score (nSPS) is 7.23. The maximum absolute atomic E-state index is 10.4. The van der Waals surface area contributed by atoms with Crippen LogP contribution in [-0.2, 0) is 9.53 Å². The molecule has 0 N–H and O–H groups in total. The van der Waals surface area contributed by atoms with Crippen molar-refractivity contribution in [1.82, 2.24) is 0 Å². The first-order valence-electron chi connectivity index (χ1n) is 3.83. The Morgan fingerprint density at radius 3 is 1.92 bits per heavy atom. The fraction of sp³-hybridized carbons (Fsp3) is 0.400. The van der Waals surface area contributed by atoms with Crippen LogP contribution in [0.3, 0.4) is 0 Å². The molecule has 0 heterocycles. The van der Waals surface area contributed by atoms with Crippen molar-refractivity contribution in [3.63, 3.8) is 0 Å². The molecule has 3 nitrogen and oxygen atoms in total. The zero-order valence-corrected chi connectivity index (χ0v) is 8.39. The van der Waals surface area contributed by atoms with E-state index < -0.39 is 0 Å². The quantitative estimate of drug-likeness (QED) is 0.373. The summed E-state index contributed by atoms with van der Waals surface area (Å²) in [5.41, 5.74) is 1.01. The fourth-order valence-electron chi connectivity index (χ4n) is 0.254. The monoisotopic (exact) mass is 181 g/mol. The van der Waals surface area contributed by atoms with Crippen molar-refractivity contribution in [3.8, 4) is 6.07 Å². The molecule has 13 heavy (non-hydrogen) atoms. The van der Waals surface area contributed by atoms with E-state index in [1.807, 2.05) is 6.07 Å². The number of esters is 1. The summed E-state index contributed by atoms with van der Waals surface area (Å²) in [6.45, 7) is 12.2. The van der Waals surface area contributed by atoms with Crippen LogP contribution in [0.5, 0.6) is 0 Å². The number of hydrogen-bond donors (Lipinski definition) is 0. The predicted molar refractivity (Wildman–Crippen MR) is 51.9 cm³/mol. The Morgan fingerprint density at radius 2 is 1.85 bits per heavy atom. The Balaban J connectivity index is 0. The Hall–Kier alpha value is -1.56. The SMILES string of the molecule is C=C(C)C#N.C=C(C)C(=O)OCC. The average molecular weight is 181 g/mol. The number of allylic oxidation sites excluding steroid dienone is 1. The van der Waals surface area contributed by atoms with Crippen LogP contribution in [0.2, 0.25) is 0 Å². The lowest BCUT2D eigenvalue weighted by Crippen LogP contribution is -2.03. The third-order valence-electron chi connectivity index (χ3n) is 0.815. The molecular weight excluding hydrogens is 166 g/mol. The summed E-state index contributed by atoms with van der Waals surface area (Å²) >= 11 is 0. The summed E-state index contributed by atoms with van der Waals surface area (Å²) < 4.78 is 4.56. The van der Waals surface area contributed by atoms with Crippen LogP contribution >= 0.6 is 0 Å². The van der Waals surface area contributed by atoms with Gasteiger partial charge in [0.25, 0.3) is 0 Å². The Kier molecular flexibility index (Phi) is 9.19. The number of carbonyl (C=O) groups excluding carboxylic acids is 1. The van der Waals surface area contributed by atoms with E-state index in [2.05, 4.69) is 17.9 Å². The topological polar surface area (TPSA) is 50.1 Å². The average Bonchev–Trinajstić information content (AvgIpc) is 2.06. The minimum absolute atomic E-state index is 0.312. The maximum atomic E-state index is 10.4. The number of hydrogen-bond acceptors (Lipinski definition) is 3. The van der Waals surface area contributed by atoms with Gasteiger partial charge in [-0.3, -0.25) is 0 Å². The smallest absolute Gasteiger partial charge is 0.333 e. The lowest BCUT2D eigenvalue weighted by atomic mass is 10.4. The molecule has 0 fully saturated rings. The van der Waals surface area contributed by atoms with E-state index in [0.29, 0.717) is 17.8 Å². The molecule has 72 valence electrons. The third kappa shape index (κ3) is 13.4. The molecule has 3 heteroatoms. The van der Waals surface area contributed by atoms with Crippen LogP contribution < -0.4 is 0 Å². The molecule has 0 atom stereocenters. The summed E-state index contributed by atoms with van der Waals surface area (Å²) in [5.74, 6) is -0.312. The number of ether oxygens (including phenoxy) is 1. The van der Waals surface area contributed by atoms with Gasteiger partial charge in [-0.25, -0.2) is 4.79 Å². The van der Waals surface area contributed by atoms with Crippen molar-refractivity contribution in [2.75, 3.05) is 6.61 Å². The second-order valence-electron chi connectivity index (χ2n) is 2.39. The Morgan fingerprint density at radius 1 is 1.46 bits per heavy atom. The van der Waals surface area contributed by atoms with Gasteiger partial charge >= 0.3 is 5.97 Å². The van der Waals surface area contributed by atoms with Crippen molar-refractivity contribution in [1.29, 1.82) is 5.26 Å². The molecule has 0 aromatic heterocycles. The first-order valence-corrected chi connectivity index (χ1v) is 3.83. The van der Waals surface area contributed by atoms with E-state index >= 15 is 0 Å². The second-order valence-corrected chi connectivity index (χ2v) is 2.39. The molecule has 0 unspecified atom stereocenters. The molecule has 0 saturated carbocycles. The van der Waals surface area contributed by atoms with Gasteiger partial charge < -0.3 is 4.74 Å². The first kappa shape index (κ1) is 14.0. The molecule has 0 aliphatic carbocycles. The number of rotatable bonds is 2. The molecule has 0 aromatic carbocycles. The Labute approximate surface area is 79.3 Å². The van der Waals surface area contributed by atoms with Crippen LogP contribution in [0.1, 0.15) is 20.8 Å². The summed E-state index contributed by atoms with van der Waals surface area (Å²) in [6, 6.07) is 1.83. The van der Waals surface area contributed by atoms with Gasteiger partial charge in [0.05, 0.1) is 12.7 Å². The molecule has 0 spiro atoms. The molecule has 0 aliphatic heterocycles. The lowest BCUT2D eigenvalue weighted by Gasteiger charge is -1.96. The summed E-state index contributed by atoms with van der Waals surface area (Å²) in [5, 5.41) is 7.79. The van der Waals surface area contributed by atoms with Crippen molar-refractivity contribution in [2.45, 2.75) is 20.8 Å². The third-order valence-corrected chi connectivity index (χ3v) is 0.815. The highest BCUT2D eigenvalue weighted by Crippen LogP contribution is 1.89. The molecule has 0 amide bonds. The van der Waals surface area contributed by atoms with Crippen LogP contribution in [0.25, 0.3) is 0 Å². The van der Waals surface area contributed by atoms with Gasteiger partial charge in [-0.05, 0) is 20.8 Å². The van der Waals surface area contributed by atoms with E-state index in [1.165, 1.54) is 0 Å². The number of nitriles is 1. The van der Waals surface area contributed by atoms with Gasteiger partial charge in [-0.2, -0.15) is 5.26 Å². The highest BCUT2D eigenvalue weighted by molar-refractivity contribution is 5.86. The summed E-state index contributed by atoms with van der Waals surface area (Å²) in [6.07, 6.45) is 0.